The summed E-state index contributed by atoms with van der Waals surface area (Å²) in [7, 11) is 0. The number of amides is 1. The lowest BCUT2D eigenvalue weighted by Gasteiger charge is -2.21. The number of likely N-dealkylation sites (tertiary alicyclic amines) is 1. The predicted octanol–water partition coefficient (Wildman–Crippen LogP) is 2.09. The molecule has 86 valence electrons. The molecule has 1 atom stereocenters. The van der Waals surface area contributed by atoms with Crippen LogP contribution in [0.3, 0.4) is 0 Å². The number of nitrogens with zero attached hydrogens (tertiary/aromatic N) is 1. The number of hydrogen-bond acceptors (Lipinski definition) is 3. The van der Waals surface area contributed by atoms with E-state index in [1.807, 2.05) is 11.4 Å². The molecule has 1 aliphatic rings. The third-order valence-corrected chi connectivity index (χ3v) is 4.46. The van der Waals surface area contributed by atoms with Crippen molar-refractivity contribution in [3.05, 3.63) is 20.8 Å². The topological polar surface area (TPSA) is 57.6 Å². The molecule has 1 amide bonds. The van der Waals surface area contributed by atoms with E-state index in [1.54, 1.807) is 0 Å². The standard InChI is InChI=1S/C10H10BrNO3S/c11-9-6(3-4-16-9)5-12-7(10(14)15)1-2-8(12)13/h3-4,7H,1-2,5H2,(H,14,15). The number of carbonyl (C=O) groups is 2. The summed E-state index contributed by atoms with van der Waals surface area (Å²) in [5.74, 6) is -0.997. The fourth-order valence-corrected chi connectivity index (χ4v) is 3.02. The molecule has 1 aliphatic heterocycles. The number of hydrogen-bond donors (Lipinski definition) is 1. The van der Waals surface area contributed by atoms with Crippen molar-refractivity contribution in [1.29, 1.82) is 0 Å². The zero-order valence-electron chi connectivity index (χ0n) is 8.35. The van der Waals surface area contributed by atoms with E-state index < -0.39 is 12.0 Å². The first-order valence-corrected chi connectivity index (χ1v) is 6.51. The minimum Gasteiger partial charge on any atom is -0.480 e. The zero-order chi connectivity index (χ0) is 11.7. The van der Waals surface area contributed by atoms with Crippen molar-refractivity contribution >= 4 is 39.1 Å². The summed E-state index contributed by atoms with van der Waals surface area (Å²) in [6.45, 7) is 0.375. The number of thiophene rings is 1. The van der Waals surface area contributed by atoms with Gasteiger partial charge in [0.1, 0.15) is 6.04 Å². The van der Waals surface area contributed by atoms with Crippen molar-refractivity contribution in [2.45, 2.75) is 25.4 Å². The second kappa shape index (κ2) is 4.55. The summed E-state index contributed by atoms with van der Waals surface area (Å²) >= 11 is 4.91. The normalized spacial score (nSPS) is 20.4. The molecule has 1 saturated heterocycles. The Morgan fingerprint density at radius 2 is 2.44 bits per heavy atom. The van der Waals surface area contributed by atoms with Crippen LogP contribution in [0.2, 0.25) is 0 Å². The third-order valence-electron chi connectivity index (χ3n) is 2.65. The first kappa shape index (κ1) is 11.6. The molecule has 4 nitrogen and oxygen atoms in total. The molecule has 0 bridgehead atoms. The second-order valence-corrected chi connectivity index (χ2v) is 5.87. The van der Waals surface area contributed by atoms with Crippen LogP contribution in [-0.2, 0) is 16.1 Å². The lowest BCUT2D eigenvalue weighted by atomic mass is 10.2. The Morgan fingerprint density at radius 3 is 3.00 bits per heavy atom. The van der Waals surface area contributed by atoms with Crippen LogP contribution >= 0.6 is 27.3 Å². The molecule has 1 fully saturated rings. The Bertz CT molecular complexity index is 431. The van der Waals surface area contributed by atoms with Gasteiger partial charge in [-0.25, -0.2) is 4.79 Å². The summed E-state index contributed by atoms with van der Waals surface area (Å²) in [6.07, 6.45) is 0.745. The largest absolute Gasteiger partial charge is 0.480 e. The van der Waals surface area contributed by atoms with Crippen LogP contribution in [0.15, 0.2) is 15.2 Å². The van der Waals surface area contributed by atoms with Gasteiger partial charge in [-0.1, -0.05) is 0 Å². The van der Waals surface area contributed by atoms with E-state index in [0.717, 1.165) is 9.35 Å². The molecule has 1 aromatic rings. The average molecular weight is 304 g/mol. The van der Waals surface area contributed by atoms with Crippen LogP contribution in [-0.4, -0.2) is 27.9 Å². The minimum absolute atomic E-state index is 0.0782. The number of carbonyl (C=O) groups excluding carboxylic acids is 1. The van der Waals surface area contributed by atoms with Gasteiger partial charge in [0.25, 0.3) is 0 Å². The van der Waals surface area contributed by atoms with Crippen LogP contribution < -0.4 is 0 Å². The van der Waals surface area contributed by atoms with Gasteiger partial charge in [0.15, 0.2) is 0 Å². The van der Waals surface area contributed by atoms with Crippen LogP contribution in [0.4, 0.5) is 0 Å². The van der Waals surface area contributed by atoms with Gasteiger partial charge >= 0.3 is 5.97 Å². The summed E-state index contributed by atoms with van der Waals surface area (Å²) in [4.78, 5) is 24.0. The Hall–Kier alpha value is -0.880. The van der Waals surface area contributed by atoms with Gasteiger partial charge in [-0.2, -0.15) is 0 Å². The first-order valence-electron chi connectivity index (χ1n) is 4.83. The molecule has 1 N–H and O–H groups in total. The maximum Gasteiger partial charge on any atom is 0.326 e. The van der Waals surface area contributed by atoms with Gasteiger partial charge in [-0.3, -0.25) is 4.79 Å². The summed E-state index contributed by atoms with van der Waals surface area (Å²) < 4.78 is 0.955. The SMILES string of the molecule is O=C(O)C1CCC(=O)N1Cc1ccsc1Br. The van der Waals surface area contributed by atoms with Gasteiger partial charge in [0, 0.05) is 13.0 Å². The van der Waals surface area contributed by atoms with Crippen molar-refractivity contribution in [2.75, 3.05) is 0 Å². The summed E-state index contributed by atoms with van der Waals surface area (Å²) in [6, 6.07) is 1.23. The lowest BCUT2D eigenvalue weighted by Crippen LogP contribution is -2.37. The highest BCUT2D eigenvalue weighted by Gasteiger charge is 2.36. The fraction of sp³-hybridized carbons (Fsp3) is 0.400. The van der Waals surface area contributed by atoms with Crippen molar-refractivity contribution < 1.29 is 14.7 Å². The average Bonchev–Trinajstić information content (AvgIpc) is 2.76. The van der Waals surface area contributed by atoms with Crippen molar-refractivity contribution in [3.63, 3.8) is 0 Å². The van der Waals surface area contributed by atoms with E-state index in [4.69, 9.17) is 5.11 Å². The van der Waals surface area contributed by atoms with Crippen molar-refractivity contribution in [3.8, 4) is 0 Å². The highest BCUT2D eigenvalue weighted by atomic mass is 79.9. The zero-order valence-corrected chi connectivity index (χ0v) is 10.8. The van der Waals surface area contributed by atoms with Gasteiger partial charge in [-0.05, 0) is 39.4 Å². The maximum absolute atomic E-state index is 11.6. The highest BCUT2D eigenvalue weighted by molar-refractivity contribution is 9.11. The molecule has 2 heterocycles. The molecule has 0 aliphatic carbocycles. The van der Waals surface area contributed by atoms with E-state index >= 15 is 0 Å². The van der Waals surface area contributed by atoms with E-state index in [9.17, 15) is 9.59 Å². The van der Waals surface area contributed by atoms with Crippen LogP contribution in [0.25, 0.3) is 0 Å². The van der Waals surface area contributed by atoms with Crippen molar-refractivity contribution in [2.24, 2.45) is 0 Å². The van der Waals surface area contributed by atoms with E-state index in [-0.39, 0.29) is 5.91 Å². The molecule has 1 unspecified atom stereocenters. The van der Waals surface area contributed by atoms with Gasteiger partial charge in [-0.15, -0.1) is 11.3 Å². The smallest absolute Gasteiger partial charge is 0.326 e. The van der Waals surface area contributed by atoms with Gasteiger partial charge < -0.3 is 10.0 Å². The van der Waals surface area contributed by atoms with E-state index in [2.05, 4.69) is 15.9 Å². The molecule has 0 spiro atoms. The molecule has 0 radical (unpaired) electrons. The summed E-state index contributed by atoms with van der Waals surface area (Å²) in [5.41, 5.74) is 0.964. The first-order chi connectivity index (χ1) is 7.59. The van der Waals surface area contributed by atoms with Crippen LogP contribution in [0.1, 0.15) is 18.4 Å². The molecule has 16 heavy (non-hydrogen) atoms. The Labute approximate surface area is 105 Å². The number of rotatable bonds is 3. The van der Waals surface area contributed by atoms with E-state index in [0.29, 0.717) is 19.4 Å². The molecule has 0 saturated carbocycles. The Balaban J connectivity index is 2.16. The number of halogens is 1. The van der Waals surface area contributed by atoms with Gasteiger partial charge in [0.2, 0.25) is 5.91 Å². The predicted molar refractivity (Wildman–Crippen MR) is 63.2 cm³/mol. The monoisotopic (exact) mass is 303 g/mol. The maximum atomic E-state index is 11.6. The summed E-state index contributed by atoms with van der Waals surface area (Å²) in [5, 5.41) is 10.9. The van der Waals surface area contributed by atoms with Crippen molar-refractivity contribution in [1.82, 2.24) is 4.90 Å². The molecule has 2 rings (SSSR count). The number of aliphatic carboxylic acids is 1. The third kappa shape index (κ3) is 2.12. The fourth-order valence-electron chi connectivity index (χ4n) is 1.80. The van der Waals surface area contributed by atoms with E-state index in [1.165, 1.54) is 16.2 Å². The van der Waals surface area contributed by atoms with Crippen LogP contribution in [0.5, 0.6) is 0 Å². The molecule has 0 aromatic carbocycles. The molecular weight excluding hydrogens is 294 g/mol. The lowest BCUT2D eigenvalue weighted by molar-refractivity contribution is -0.146. The Kier molecular flexibility index (Phi) is 3.30. The second-order valence-electron chi connectivity index (χ2n) is 3.63. The minimum atomic E-state index is -0.919. The molecule has 6 heteroatoms. The number of carboxylic acids is 1. The quantitative estimate of drug-likeness (QED) is 0.930. The van der Waals surface area contributed by atoms with Gasteiger partial charge in [0.05, 0.1) is 3.79 Å². The Morgan fingerprint density at radius 1 is 1.69 bits per heavy atom. The van der Waals surface area contributed by atoms with Crippen LogP contribution in [0, 0.1) is 0 Å². The number of carboxylic acid groups (broad SMARTS) is 1. The highest BCUT2D eigenvalue weighted by Crippen LogP contribution is 2.28. The molecule has 1 aromatic heterocycles. The molecular formula is C10H10BrNO3S.